The molecule has 0 N–H and O–H groups in total. The Kier molecular flexibility index (Phi) is 6.91. The summed E-state index contributed by atoms with van der Waals surface area (Å²) in [7, 11) is 0. The number of rotatable bonds is 6. The Balaban J connectivity index is 2.17. The Morgan fingerprint density at radius 3 is 2.19 bits per heavy atom. The van der Waals surface area contributed by atoms with Crippen LogP contribution in [0.5, 0.6) is 0 Å². The normalized spacial score (nSPS) is 11.7. The predicted octanol–water partition coefficient (Wildman–Crippen LogP) is 7.93. The van der Waals surface area contributed by atoms with Crippen LogP contribution in [-0.4, -0.2) is 0 Å². The fraction of sp³-hybridized carbons (Fsp3) is 0.0968. The minimum Gasteiger partial charge on any atom is -0.115 e. The van der Waals surface area contributed by atoms with Crippen LogP contribution in [-0.2, 0) is 0 Å². The average Bonchev–Trinajstić information content (AvgIpc) is 2.78. The molecule has 0 aliphatic carbocycles. The molecule has 0 radical (unpaired) electrons. The molecule has 0 heteroatoms. The van der Waals surface area contributed by atoms with Gasteiger partial charge in [-0.1, -0.05) is 97.5 Å². The van der Waals surface area contributed by atoms with E-state index in [2.05, 4.69) is 87.5 Å². The van der Waals surface area contributed by atoms with Crippen LogP contribution >= 0.6 is 0 Å². The second-order valence-corrected chi connectivity index (χ2v) is 7.84. The molecule has 0 saturated heterocycles. The van der Waals surface area contributed by atoms with Crippen LogP contribution in [0.2, 0.25) is 0 Å². The third-order valence-corrected chi connectivity index (χ3v) is 5.28. The molecule has 0 atom stereocenters. The van der Waals surface area contributed by atoms with Crippen LogP contribution in [0.15, 0.2) is 109 Å². The van der Waals surface area contributed by atoms with Crippen molar-refractivity contribution >= 4 is 11.6 Å². The third-order valence-electron chi connectivity index (χ3n) is 5.28. The second-order valence-electron chi connectivity index (χ2n) is 7.84. The molecular formula is C31H28. The number of hydrogen-bond acceptors (Lipinski definition) is 0. The molecule has 0 unspecified atom stereocenters. The van der Waals surface area contributed by atoms with E-state index in [1.54, 1.807) is 0 Å². The van der Waals surface area contributed by atoms with E-state index >= 15 is 0 Å². The number of benzene rings is 3. The molecule has 0 saturated carbocycles. The Morgan fingerprint density at radius 1 is 0.903 bits per heavy atom. The first-order chi connectivity index (χ1) is 14.9. The summed E-state index contributed by atoms with van der Waals surface area (Å²) in [6, 6.07) is 25.0. The number of aryl methyl sites for hydroxylation is 2. The fourth-order valence-corrected chi connectivity index (χ4v) is 3.66. The van der Waals surface area contributed by atoms with Crippen molar-refractivity contribution in [3.05, 3.63) is 142 Å². The molecule has 31 heavy (non-hydrogen) atoms. The van der Waals surface area contributed by atoms with E-state index in [-0.39, 0.29) is 0 Å². The maximum atomic E-state index is 5.46. The molecule has 0 bridgehead atoms. The zero-order valence-corrected chi connectivity index (χ0v) is 18.6. The van der Waals surface area contributed by atoms with Gasteiger partial charge in [0.05, 0.1) is 0 Å². The van der Waals surface area contributed by atoms with E-state index in [9.17, 15) is 0 Å². The smallest absolute Gasteiger partial charge is 0.0243 e. The molecular weight excluding hydrogens is 372 g/mol. The van der Waals surface area contributed by atoms with Crippen molar-refractivity contribution in [1.82, 2.24) is 0 Å². The van der Waals surface area contributed by atoms with E-state index in [0.29, 0.717) is 0 Å². The summed E-state index contributed by atoms with van der Waals surface area (Å²) in [6.07, 6.45) is 9.59. The molecule has 0 heterocycles. The molecule has 0 aliphatic rings. The third kappa shape index (κ3) is 5.21. The summed E-state index contributed by atoms with van der Waals surface area (Å²) in [6.45, 7) is 15.0. The van der Waals surface area contributed by atoms with Crippen molar-refractivity contribution < 1.29 is 0 Å². The second kappa shape index (κ2) is 9.79. The molecule has 3 aromatic rings. The van der Waals surface area contributed by atoms with Crippen molar-refractivity contribution in [2.24, 2.45) is 0 Å². The van der Waals surface area contributed by atoms with Gasteiger partial charge in [0.2, 0.25) is 0 Å². The van der Waals surface area contributed by atoms with Gasteiger partial charge in [0.15, 0.2) is 0 Å². The van der Waals surface area contributed by atoms with Gasteiger partial charge >= 0.3 is 0 Å². The lowest BCUT2D eigenvalue weighted by atomic mass is 9.84. The van der Waals surface area contributed by atoms with Gasteiger partial charge in [0.25, 0.3) is 0 Å². The summed E-state index contributed by atoms with van der Waals surface area (Å²) in [5.74, 6) is 2.65. The first-order valence-electron chi connectivity index (χ1n) is 10.4. The summed E-state index contributed by atoms with van der Waals surface area (Å²) in [5, 5.41) is 0. The lowest BCUT2D eigenvalue weighted by Gasteiger charge is -2.20. The maximum absolute atomic E-state index is 5.46. The highest BCUT2D eigenvalue weighted by atomic mass is 14.2. The Labute approximate surface area is 187 Å². The quantitative estimate of drug-likeness (QED) is 0.291. The first-order valence-corrected chi connectivity index (χ1v) is 10.4. The average molecular weight is 401 g/mol. The van der Waals surface area contributed by atoms with Gasteiger partial charge in [-0.3, -0.25) is 0 Å². The standard InChI is InChI=1S/C31H28/c1-7-26-17-19-27(20-18-26)16-15-25(6)30(22(2)3)31(28-11-9-8-10-12-28)29-21-23(4)13-14-24(29)5/h1,8-21H,2,6H2,3-5H3/b16-15+,31-30+. The zero-order valence-electron chi connectivity index (χ0n) is 18.6. The van der Waals surface area contributed by atoms with Crippen LogP contribution in [0.25, 0.3) is 11.6 Å². The van der Waals surface area contributed by atoms with Crippen LogP contribution in [0.4, 0.5) is 0 Å². The largest absolute Gasteiger partial charge is 0.115 e. The molecule has 0 spiro atoms. The van der Waals surface area contributed by atoms with E-state index in [0.717, 1.165) is 39.0 Å². The van der Waals surface area contributed by atoms with Gasteiger partial charge in [-0.2, -0.15) is 0 Å². The highest BCUT2D eigenvalue weighted by Gasteiger charge is 2.16. The lowest BCUT2D eigenvalue weighted by Crippen LogP contribution is -2.00. The van der Waals surface area contributed by atoms with Gasteiger partial charge in [-0.25, -0.2) is 0 Å². The molecule has 3 rings (SSSR count). The first kappa shape index (κ1) is 21.9. The SMILES string of the molecule is C#Cc1ccc(/C=C/C(=C)/C(C(=C)C)=C(\c2ccccc2)c2cc(C)ccc2C)cc1. The molecule has 0 aliphatic heterocycles. The van der Waals surface area contributed by atoms with Gasteiger partial charge in [-0.15, -0.1) is 6.42 Å². The van der Waals surface area contributed by atoms with E-state index < -0.39 is 0 Å². The van der Waals surface area contributed by atoms with Crippen molar-refractivity contribution in [2.45, 2.75) is 20.8 Å². The lowest BCUT2D eigenvalue weighted by molar-refractivity contribution is 1.33. The highest BCUT2D eigenvalue weighted by molar-refractivity contribution is 5.89. The predicted molar refractivity (Wildman–Crippen MR) is 136 cm³/mol. The molecule has 0 nitrogen and oxygen atoms in total. The molecule has 152 valence electrons. The highest BCUT2D eigenvalue weighted by Crippen LogP contribution is 2.36. The molecule has 0 aromatic heterocycles. The van der Waals surface area contributed by atoms with E-state index in [1.165, 1.54) is 16.7 Å². The number of allylic oxidation sites excluding steroid dienone is 4. The fourth-order valence-electron chi connectivity index (χ4n) is 3.66. The van der Waals surface area contributed by atoms with Gasteiger partial charge in [0, 0.05) is 5.56 Å². The summed E-state index contributed by atoms with van der Waals surface area (Å²) in [5.41, 5.74) is 10.9. The monoisotopic (exact) mass is 400 g/mol. The van der Waals surface area contributed by atoms with Gasteiger partial charge < -0.3 is 0 Å². The number of hydrogen-bond donors (Lipinski definition) is 0. The molecule has 3 aromatic carbocycles. The van der Waals surface area contributed by atoms with Crippen LogP contribution in [0.1, 0.15) is 40.3 Å². The van der Waals surface area contributed by atoms with Gasteiger partial charge in [0.1, 0.15) is 0 Å². The Hall–Kier alpha value is -3.82. The summed E-state index contributed by atoms with van der Waals surface area (Å²) < 4.78 is 0. The summed E-state index contributed by atoms with van der Waals surface area (Å²) in [4.78, 5) is 0. The van der Waals surface area contributed by atoms with Gasteiger partial charge in [-0.05, 0) is 77.5 Å². The minimum atomic E-state index is 0.875. The summed E-state index contributed by atoms with van der Waals surface area (Å²) >= 11 is 0. The van der Waals surface area contributed by atoms with E-state index in [4.69, 9.17) is 6.42 Å². The van der Waals surface area contributed by atoms with Crippen molar-refractivity contribution in [2.75, 3.05) is 0 Å². The maximum Gasteiger partial charge on any atom is 0.0243 e. The molecule has 0 fully saturated rings. The van der Waals surface area contributed by atoms with Crippen LogP contribution in [0, 0.1) is 26.2 Å². The minimum absolute atomic E-state index is 0.875. The van der Waals surface area contributed by atoms with Crippen LogP contribution in [0.3, 0.4) is 0 Å². The van der Waals surface area contributed by atoms with Crippen LogP contribution < -0.4 is 0 Å². The zero-order chi connectivity index (χ0) is 22.4. The Bertz CT molecular complexity index is 1210. The topological polar surface area (TPSA) is 0 Å². The van der Waals surface area contributed by atoms with Crippen molar-refractivity contribution in [1.29, 1.82) is 0 Å². The van der Waals surface area contributed by atoms with Crippen molar-refractivity contribution in [3.63, 3.8) is 0 Å². The molecule has 0 amide bonds. The Morgan fingerprint density at radius 2 is 1.58 bits per heavy atom. The number of terminal acetylenes is 1. The van der Waals surface area contributed by atoms with E-state index in [1.807, 2.05) is 37.3 Å². The van der Waals surface area contributed by atoms with Crippen molar-refractivity contribution in [3.8, 4) is 12.3 Å².